The molecule has 0 unspecified atom stereocenters. The summed E-state index contributed by atoms with van der Waals surface area (Å²) in [5.74, 6) is -0.450. The van der Waals surface area contributed by atoms with Crippen LogP contribution in [0.4, 0.5) is 5.69 Å². The van der Waals surface area contributed by atoms with Crippen molar-refractivity contribution in [3.8, 4) is 0 Å². The molecule has 1 fully saturated rings. The molecule has 30 heavy (non-hydrogen) atoms. The van der Waals surface area contributed by atoms with Crippen LogP contribution >= 0.6 is 11.3 Å². The highest BCUT2D eigenvalue weighted by Crippen LogP contribution is 2.30. The van der Waals surface area contributed by atoms with Crippen molar-refractivity contribution in [2.24, 2.45) is 5.92 Å². The van der Waals surface area contributed by atoms with Crippen molar-refractivity contribution < 1.29 is 18.0 Å². The van der Waals surface area contributed by atoms with Crippen molar-refractivity contribution in [3.05, 3.63) is 46.8 Å². The van der Waals surface area contributed by atoms with Crippen LogP contribution in [0, 0.1) is 12.8 Å². The molecule has 0 saturated carbocycles. The van der Waals surface area contributed by atoms with Crippen LogP contribution in [0.15, 0.2) is 40.6 Å². The quantitative estimate of drug-likeness (QED) is 0.679. The molecule has 2 amide bonds. The molecule has 3 rings (SSSR count). The first kappa shape index (κ1) is 22.5. The van der Waals surface area contributed by atoms with E-state index in [1.165, 1.54) is 15.6 Å². The predicted molar refractivity (Wildman–Crippen MR) is 118 cm³/mol. The maximum atomic E-state index is 12.9. The maximum absolute atomic E-state index is 12.9. The summed E-state index contributed by atoms with van der Waals surface area (Å²) in [7, 11) is -3.67. The second-order valence-electron chi connectivity index (χ2n) is 7.70. The van der Waals surface area contributed by atoms with E-state index in [0.717, 1.165) is 10.4 Å². The lowest BCUT2D eigenvalue weighted by atomic mass is 10.1. The SMILES string of the molecule is Cc1ccc(S(=O)(=O)N2CCC[C@@H]2C(=O)NCc2ccc(NC(=O)C(C)C)cc2)s1. The summed E-state index contributed by atoms with van der Waals surface area (Å²) in [5.41, 5.74) is 1.57. The lowest BCUT2D eigenvalue weighted by Crippen LogP contribution is -2.45. The molecule has 1 aliphatic heterocycles. The number of nitrogens with zero attached hydrogens (tertiary/aromatic N) is 1. The number of hydrogen-bond donors (Lipinski definition) is 2. The minimum atomic E-state index is -3.67. The molecule has 1 atom stereocenters. The van der Waals surface area contributed by atoms with Crippen LogP contribution in [-0.4, -0.2) is 37.1 Å². The van der Waals surface area contributed by atoms with E-state index in [1.54, 1.807) is 24.3 Å². The summed E-state index contributed by atoms with van der Waals surface area (Å²) < 4.78 is 27.5. The largest absolute Gasteiger partial charge is 0.351 e. The molecule has 0 spiro atoms. The molecule has 0 bridgehead atoms. The Hall–Kier alpha value is -2.23. The molecule has 162 valence electrons. The molecule has 0 aliphatic carbocycles. The van der Waals surface area contributed by atoms with E-state index < -0.39 is 16.1 Å². The number of hydrogen-bond acceptors (Lipinski definition) is 5. The fourth-order valence-corrected chi connectivity index (χ4v) is 6.32. The van der Waals surface area contributed by atoms with Gasteiger partial charge in [-0.3, -0.25) is 9.59 Å². The number of rotatable bonds is 7. The molecular formula is C21H27N3O4S2. The summed E-state index contributed by atoms with van der Waals surface area (Å²) in [6.45, 7) is 6.15. The third kappa shape index (κ3) is 5.08. The Morgan fingerprint density at radius 3 is 2.47 bits per heavy atom. The summed E-state index contributed by atoms with van der Waals surface area (Å²) in [6.07, 6.45) is 1.17. The molecule has 1 aromatic carbocycles. The minimum Gasteiger partial charge on any atom is -0.351 e. The van der Waals surface area contributed by atoms with Crippen LogP contribution in [0.2, 0.25) is 0 Å². The highest BCUT2D eigenvalue weighted by atomic mass is 32.2. The lowest BCUT2D eigenvalue weighted by Gasteiger charge is -2.22. The van der Waals surface area contributed by atoms with Gasteiger partial charge in [-0.2, -0.15) is 4.31 Å². The molecule has 1 aliphatic rings. The highest BCUT2D eigenvalue weighted by molar-refractivity contribution is 7.91. The average molecular weight is 450 g/mol. The van der Waals surface area contributed by atoms with Crippen molar-refractivity contribution >= 4 is 38.9 Å². The number of carbonyl (C=O) groups excluding carboxylic acids is 2. The molecule has 9 heteroatoms. The number of nitrogens with one attached hydrogen (secondary N) is 2. The lowest BCUT2D eigenvalue weighted by molar-refractivity contribution is -0.124. The van der Waals surface area contributed by atoms with E-state index in [1.807, 2.05) is 32.9 Å². The fraction of sp³-hybridized carbons (Fsp3) is 0.429. The Bertz CT molecular complexity index is 1010. The average Bonchev–Trinajstić information content (AvgIpc) is 3.37. The molecule has 0 radical (unpaired) electrons. The van der Waals surface area contributed by atoms with Gasteiger partial charge in [-0.25, -0.2) is 8.42 Å². The van der Waals surface area contributed by atoms with Crippen molar-refractivity contribution in [1.29, 1.82) is 0 Å². The van der Waals surface area contributed by atoms with Crippen LogP contribution in [0.5, 0.6) is 0 Å². The van der Waals surface area contributed by atoms with Gasteiger partial charge in [0.05, 0.1) is 0 Å². The van der Waals surface area contributed by atoms with Crippen LogP contribution in [0.25, 0.3) is 0 Å². The minimum absolute atomic E-state index is 0.0560. The van der Waals surface area contributed by atoms with Crippen molar-refractivity contribution in [3.63, 3.8) is 0 Å². The Labute approximate surface area is 181 Å². The number of benzene rings is 1. The number of sulfonamides is 1. The number of aryl methyl sites for hydroxylation is 1. The van der Waals surface area contributed by atoms with Gasteiger partial charge in [0.1, 0.15) is 10.3 Å². The zero-order chi connectivity index (χ0) is 21.9. The maximum Gasteiger partial charge on any atom is 0.253 e. The van der Waals surface area contributed by atoms with Crippen LogP contribution in [0.1, 0.15) is 37.1 Å². The van der Waals surface area contributed by atoms with E-state index >= 15 is 0 Å². The van der Waals surface area contributed by atoms with Gasteiger partial charge in [0.15, 0.2) is 0 Å². The van der Waals surface area contributed by atoms with E-state index in [-0.39, 0.29) is 21.9 Å². The molecular weight excluding hydrogens is 422 g/mol. The Balaban J connectivity index is 1.61. The van der Waals surface area contributed by atoms with Crippen LogP contribution < -0.4 is 10.6 Å². The first-order chi connectivity index (χ1) is 14.2. The Kier molecular flexibility index (Phi) is 6.95. The number of thiophene rings is 1. The van der Waals surface area contributed by atoms with Gasteiger partial charge in [0.25, 0.3) is 10.0 Å². The zero-order valence-electron chi connectivity index (χ0n) is 17.3. The van der Waals surface area contributed by atoms with Crippen molar-refractivity contribution in [2.45, 2.75) is 50.4 Å². The second-order valence-corrected chi connectivity index (χ2v) is 11.1. The fourth-order valence-electron chi connectivity index (χ4n) is 3.26. The summed E-state index contributed by atoms with van der Waals surface area (Å²) >= 11 is 1.22. The summed E-state index contributed by atoms with van der Waals surface area (Å²) in [6, 6.07) is 9.90. The van der Waals surface area contributed by atoms with Crippen LogP contribution in [-0.2, 0) is 26.2 Å². The third-order valence-electron chi connectivity index (χ3n) is 5.00. The topological polar surface area (TPSA) is 95.6 Å². The van der Waals surface area contributed by atoms with Gasteiger partial charge in [0, 0.05) is 29.6 Å². The smallest absolute Gasteiger partial charge is 0.253 e. The van der Waals surface area contributed by atoms with Gasteiger partial charge < -0.3 is 10.6 Å². The second kappa shape index (κ2) is 9.28. The van der Waals surface area contributed by atoms with Gasteiger partial charge >= 0.3 is 0 Å². The Morgan fingerprint density at radius 2 is 1.87 bits per heavy atom. The summed E-state index contributed by atoms with van der Waals surface area (Å²) in [5, 5.41) is 5.67. The van der Waals surface area contributed by atoms with Crippen molar-refractivity contribution in [1.82, 2.24) is 9.62 Å². The molecule has 1 aromatic heterocycles. The van der Waals surface area contributed by atoms with Crippen molar-refractivity contribution in [2.75, 3.05) is 11.9 Å². The first-order valence-corrected chi connectivity index (χ1v) is 12.2. The van der Waals surface area contributed by atoms with Gasteiger partial charge in [-0.15, -0.1) is 11.3 Å². The van der Waals surface area contributed by atoms with E-state index in [4.69, 9.17) is 0 Å². The number of carbonyl (C=O) groups is 2. The normalized spacial score (nSPS) is 17.3. The van der Waals surface area contributed by atoms with Gasteiger partial charge in [-0.1, -0.05) is 26.0 Å². The molecule has 7 nitrogen and oxygen atoms in total. The zero-order valence-corrected chi connectivity index (χ0v) is 19.0. The van der Waals surface area contributed by atoms with E-state index in [9.17, 15) is 18.0 Å². The van der Waals surface area contributed by atoms with Gasteiger partial charge in [-0.05, 0) is 49.6 Å². The monoisotopic (exact) mass is 449 g/mol. The number of amides is 2. The standard InChI is InChI=1S/C21H27N3O4S2/c1-14(2)20(25)23-17-9-7-16(8-10-17)13-22-21(26)18-5-4-12-24(18)30(27,28)19-11-6-15(3)29-19/h6-11,14,18H,4-5,12-13H2,1-3H3,(H,22,26)(H,23,25)/t18-/m1/s1. The first-order valence-electron chi connectivity index (χ1n) is 9.94. The third-order valence-corrected chi connectivity index (χ3v) is 8.37. The predicted octanol–water partition coefficient (Wildman–Crippen LogP) is 3.12. The molecule has 2 aromatic rings. The van der Waals surface area contributed by atoms with Gasteiger partial charge in [0.2, 0.25) is 11.8 Å². The Morgan fingerprint density at radius 1 is 1.17 bits per heavy atom. The summed E-state index contributed by atoms with van der Waals surface area (Å²) in [4.78, 5) is 25.4. The highest BCUT2D eigenvalue weighted by Gasteiger charge is 2.39. The number of anilines is 1. The molecule has 1 saturated heterocycles. The van der Waals surface area contributed by atoms with E-state index in [0.29, 0.717) is 31.6 Å². The molecule has 2 heterocycles. The van der Waals surface area contributed by atoms with Crippen LogP contribution in [0.3, 0.4) is 0 Å². The van der Waals surface area contributed by atoms with E-state index in [2.05, 4.69) is 10.6 Å². The molecule has 2 N–H and O–H groups in total.